The van der Waals surface area contributed by atoms with Crippen LogP contribution in [0.3, 0.4) is 0 Å². The number of aliphatic hydroxyl groups excluding tert-OH is 2. The van der Waals surface area contributed by atoms with Gasteiger partial charge >= 0.3 is 5.97 Å². The molecule has 2 unspecified atom stereocenters. The van der Waals surface area contributed by atoms with Crippen LogP contribution in [-0.2, 0) is 14.3 Å². The molecule has 0 aliphatic rings. The maximum Gasteiger partial charge on any atom is 0.305 e. The molecule has 2 atom stereocenters. The predicted octanol–water partition coefficient (Wildman–Crippen LogP) is 22.5. The van der Waals surface area contributed by atoms with Crippen LogP contribution in [0.25, 0.3) is 0 Å². The normalized spacial score (nSPS) is 12.6. The first-order chi connectivity index (χ1) is 38.0. The first kappa shape index (κ1) is 75.3. The molecule has 456 valence electrons. The molecule has 0 aliphatic heterocycles. The Hall–Kier alpha value is -1.66. The lowest BCUT2D eigenvalue weighted by atomic mass is 10.0. The van der Waals surface area contributed by atoms with E-state index >= 15 is 0 Å². The number of ether oxygens (including phenoxy) is 1. The Labute approximate surface area is 481 Å². The number of rotatable bonds is 66. The zero-order valence-electron chi connectivity index (χ0n) is 52.2. The number of esters is 1. The molecule has 0 saturated carbocycles. The minimum absolute atomic E-state index is 0.00978. The molecule has 0 bridgehead atoms. The summed E-state index contributed by atoms with van der Waals surface area (Å²) < 4.78 is 5.49. The standard InChI is InChI=1S/C71H137NO5/c1-3-5-7-9-11-13-15-17-35-39-43-47-51-55-59-63-69(74)68(67-73)72-70(75)64-60-56-52-48-44-40-37-33-31-29-27-25-23-21-19-20-22-24-26-28-30-32-34-38-42-46-50-54-58-62-66-77-71(76)65-61-57-53-49-45-41-36-18-16-14-12-10-8-6-4-2/h18,20,22,36,68-69,73-74H,3-17,19,21,23-35,37-67H2,1-2H3,(H,72,75)/b22-20-,36-18-. The van der Waals surface area contributed by atoms with Crippen LogP contribution in [0.4, 0.5) is 0 Å². The largest absolute Gasteiger partial charge is 0.466 e. The molecule has 6 nitrogen and oxygen atoms in total. The Morgan fingerprint density at radius 3 is 0.922 bits per heavy atom. The summed E-state index contributed by atoms with van der Waals surface area (Å²) >= 11 is 0. The number of carbonyl (C=O) groups is 2. The maximum atomic E-state index is 12.5. The third-order valence-corrected chi connectivity index (χ3v) is 16.5. The van der Waals surface area contributed by atoms with Crippen molar-refractivity contribution in [3.8, 4) is 0 Å². The van der Waals surface area contributed by atoms with E-state index in [0.29, 0.717) is 25.9 Å². The van der Waals surface area contributed by atoms with Crippen LogP contribution in [-0.4, -0.2) is 47.4 Å². The van der Waals surface area contributed by atoms with Crippen LogP contribution < -0.4 is 5.32 Å². The fourth-order valence-corrected chi connectivity index (χ4v) is 11.1. The van der Waals surface area contributed by atoms with Crippen molar-refractivity contribution in [2.45, 2.75) is 405 Å². The summed E-state index contributed by atoms with van der Waals surface area (Å²) in [6.07, 6.45) is 83.7. The highest BCUT2D eigenvalue weighted by Gasteiger charge is 2.20. The summed E-state index contributed by atoms with van der Waals surface area (Å²) in [4.78, 5) is 24.6. The van der Waals surface area contributed by atoms with Crippen molar-refractivity contribution in [1.29, 1.82) is 0 Å². The van der Waals surface area contributed by atoms with Crippen molar-refractivity contribution in [1.82, 2.24) is 5.32 Å². The number of amides is 1. The molecule has 0 aromatic rings. The van der Waals surface area contributed by atoms with Gasteiger partial charge in [0.25, 0.3) is 0 Å². The van der Waals surface area contributed by atoms with Crippen molar-refractivity contribution in [2.75, 3.05) is 13.2 Å². The second kappa shape index (κ2) is 66.8. The van der Waals surface area contributed by atoms with Crippen molar-refractivity contribution < 1.29 is 24.5 Å². The first-order valence-electron chi connectivity index (χ1n) is 35.1. The second-order valence-corrected chi connectivity index (χ2v) is 24.2. The van der Waals surface area contributed by atoms with Crippen molar-refractivity contribution in [3.63, 3.8) is 0 Å². The molecule has 3 N–H and O–H groups in total. The van der Waals surface area contributed by atoms with Gasteiger partial charge in [-0.05, 0) is 77.0 Å². The molecular formula is C71H137NO5. The van der Waals surface area contributed by atoms with Gasteiger partial charge in [-0.15, -0.1) is 0 Å². The van der Waals surface area contributed by atoms with Gasteiger partial charge in [0.05, 0.1) is 25.4 Å². The summed E-state index contributed by atoms with van der Waals surface area (Å²) in [7, 11) is 0. The Kier molecular flexibility index (Phi) is 65.4. The van der Waals surface area contributed by atoms with E-state index in [-0.39, 0.29) is 18.5 Å². The van der Waals surface area contributed by atoms with Crippen LogP contribution in [0.2, 0.25) is 0 Å². The van der Waals surface area contributed by atoms with Crippen molar-refractivity contribution >= 4 is 11.9 Å². The van der Waals surface area contributed by atoms with E-state index in [4.69, 9.17) is 4.74 Å². The number of nitrogens with one attached hydrogen (secondary N) is 1. The molecular weight excluding hydrogens is 947 g/mol. The Bertz CT molecular complexity index is 1200. The Balaban J connectivity index is 3.35. The first-order valence-corrected chi connectivity index (χ1v) is 35.1. The van der Waals surface area contributed by atoms with Crippen molar-refractivity contribution in [3.05, 3.63) is 24.3 Å². The average Bonchev–Trinajstić information content (AvgIpc) is 3.43. The molecule has 0 fully saturated rings. The molecule has 0 radical (unpaired) electrons. The van der Waals surface area contributed by atoms with Gasteiger partial charge in [-0.25, -0.2) is 0 Å². The van der Waals surface area contributed by atoms with Gasteiger partial charge in [-0.2, -0.15) is 0 Å². The van der Waals surface area contributed by atoms with E-state index in [0.717, 1.165) is 44.9 Å². The third kappa shape index (κ3) is 63.4. The lowest BCUT2D eigenvalue weighted by Crippen LogP contribution is -2.45. The van der Waals surface area contributed by atoms with Crippen molar-refractivity contribution in [2.24, 2.45) is 0 Å². The van der Waals surface area contributed by atoms with E-state index in [9.17, 15) is 19.8 Å². The van der Waals surface area contributed by atoms with Gasteiger partial charge in [0, 0.05) is 12.8 Å². The fraction of sp³-hybridized carbons (Fsp3) is 0.915. The Morgan fingerprint density at radius 1 is 0.351 bits per heavy atom. The van der Waals surface area contributed by atoms with Gasteiger partial charge in [0.2, 0.25) is 5.91 Å². The maximum absolute atomic E-state index is 12.5. The number of hydrogen-bond acceptors (Lipinski definition) is 5. The monoisotopic (exact) mass is 1080 g/mol. The summed E-state index contributed by atoms with van der Waals surface area (Å²) in [5.74, 6) is -0.0209. The molecule has 0 aromatic heterocycles. The number of carbonyl (C=O) groups excluding carboxylic acids is 2. The summed E-state index contributed by atoms with van der Waals surface area (Å²) in [6, 6.07) is -0.540. The van der Waals surface area contributed by atoms with Crippen LogP contribution in [0, 0.1) is 0 Å². The lowest BCUT2D eigenvalue weighted by Gasteiger charge is -2.22. The smallest absolute Gasteiger partial charge is 0.305 e. The molecule has 0 spiro atoms. The summed E-state index contributed by atoms with van der Waals surface area (Å²) in [5, 5.41) is 23.3. The topological polar surface area (TPSA) is 95.9 Å². The minimum Gasteiger partial charge on any atom is -0.466 e. The molecule has 77 heavy (non-hydrogen) atoms. The highest BCUT2D eigenvalue weighted by Crippen LogP contribution is 2.19. The number of unbranched alkanes of at least 4 members (excludes halogenated alkanes) is 51. The van der Waals surface area contributed by atoms with E-state index in [2.05, 4.69) is 43.5 Å². The van der Waals surface area contributed by atoms with Crippen LogP contribution >= 0.6 is 0 Å². The molecule has 0 aromatic carbocycles. The molecule has 1 amide bonds. The van der Waals surface area contributed by atoms with E-state index in [1.807, 2.05) is 0 Å². The van der Waals surface area contributed by atoms with Gasteiger partial charge < -0.3 is 20.3 Å². The fourth-order valence-electron chi connectivity index (χ4n) is 11.1. The highest BCUT2D eigenvalue weighted by molar-refractivity contribution is 5.76. The molecule has 0 saturated heterocycles. The molecule has 0 aliphatic carbocycles. The van der Waals surface area contributed by atoms with Crippen LogP contribution in [0.1, 0.15) is 393 Å². The van der Waals surface area contributed by atoms with Crippen LogP contribution in [0.15, 0.2) is 24.3 Å². The van der Waals surface area contributed by atoms with Crippen LogP contribution in [0.5, 0.6) is 0 Å². The zero-order valence-corrected chi connectivity index (χ0v) is 52.2. The van der Waals surface area contributed by atoms with Gasteiger partial charge in [0.15, 0.2) is 0 Å². The second-order valence-electron chi connectivity index (χ2n) is 24.2. The zero-order chi connectivity index (χ0) is 55.7. The molecule has 6 heteroatoms. The molecule has 0 heterocycles. The number of allylic oxidation sites excluding steroid dienone is 4. The quantitative estimate of drug-likeness (QED) is 0.0320. The van der Waals surface area contributed by atoms with E-state index in [1.165, 1.54) is 315 Å². The predicted molar refractivity (Wildman–Crippen MR) is 338 cm³/mol. The average molecular weight is 1080 g/mol. The summed E-state index contributed by atoms with van der Waals surface area (Å²) in [5.41, 5.74) is 0. The third-order valence-electron chi connectivity index (χ3n) is 16.5. The lowest BCUT2D eigenvalue weighted by molar-refractivity contribution is -0.143. The number of aliphatic hydroxyl groups is 2. The van der Waals surface area contributed by atoms with Gasteiger partial charge in [-0.1, -0.05) is 327 Å². The Morgan fingerprint density at radius 2 is 0.610 bits per heavy atom. The van der Waals surface area contributed by atoms with E-state index in [1.54, 1.807) is 0 Å². The molecule has 0 rings (SSSR count). The van der Waals surface area contributed by atoms with Gasteiger partial charge in [0.1, 0.15) is 0 Å². The van der Waals surface area contributed by atoms with Gasteiger partial charge in [-0.3, -0.25) is 9.59 Å². The SMILES string of the molecule is CCCCCCCC/C=C\CCCCCCCC(=O)OCCCCCCCCCCCCCC/C=C\CCCCCCCCCCCCCCCCC(=O)NC(CO)C(O)CCCCCCCCCCCCCCCCC. The summed E-state index contributed by atoms with van der Waals surface area (Å²) in [6.45, 7) is 4.98. The highest BCUT2D eigenvalue weighted by atomic mass is 16.5. The number of hydrogen-bond donors (Lipinski definition) is 3. The van der Waals surface area contributed by atoms with E-state index < -0.39 is 12.1 Å². The minimum atomic E-state index is -0.663.